The van der Waals surface area contributed by atoms with Gasteiger partial charge in [0.25, 0.3) is 0 Å². The standard InChI is InChI=1S/C8H17NO5S2/c1-14-5-2-4-9-16(12,13)8-3-6-15(10,11)7-8/h8-9H,2-7H2,1H3. The van der Waals surface area contributed by atoms with E-state index in [1.807, 2.05) is 0 Å². The molecule has 1 fully saturated rings. The summed E-state index contributed by atoms with van der Waals surface area (Å²) in [6.07, 6.45) is 0.775. The van der Waals surface area contributed by atoms with Gasteiger partial charge in [-0.25, -0.2) is 21.6 Å². The van der Waals surface area contributed by atoms with Crippen LogP contribution in [0.5, 0.6) is 0 Å². The molecule has 1 rings (SSSR count). The Morgan fingerprint density at radius 3 is 2.62 bits per heavy atom. The molecule has 8 heteroatoms. The maximum absolute atomic E-state index is 11.7. The van der Waals surface area contributed by atoms with Gasteiger partial charge in [-0.2, -0.15) is 0 Å². The van der Waals surface area contributed by atoms with Crippen molar-refractivity contribution in [1.29, 1.82) is 0 Å². The summed E-state index contributed by atoms with van der Waals surface area (Å²) in [7, 11) is -5.11. The smallest absolute Gasteiger partial charge is 0.215 e. The molecule has 0 spiro atoms. The maximum Gasteiger partial charge on any atom is 0.215 e. The van der Waals surface area contributed by atoms with Crippen molar-refractivity contribution in [3.05, 3.63) is 0 Å². The first-order valence-corrected chi connectivity index (χ1v) is 8.42. The summed E-state index contributed by atoms with van der Waals surface area (Å²) in [5.74, 6) is -0.288. The third kappa shape index (κ3) is 4.00. The van der Waals surface area contributed by atoms with Gasteiger partial charge in [0.2, 0.25) is 10.0 Å². The summed E-state index contributed by atoms with van der Waals surface area (Å²) in [5, 5.41) is -0.792. The zero-order chi connectivity index (χ0) is 12.2. The van der Waals surface area contributed by atoms with E-state index in [-0.39, 0.29) is 24.5 Å². The fourth-order valence-corrected chi connectivity index (χ4v) is 5.68. The number of sulfone groups is 1. The molecule has 0 saturated carbocycles. The van der Waals surface area contributed by atoms with Crippen LogP contribution in [-0.4, -0.2) is 53.9 Å². The molecular weight excluding hydrogens is 254 g/mol. The second-order valence-corrected chi connectivity index (χ2v) is 8.08. The molecular formula is C8H17NO5S2. The zero-order valence-electron chi connectivity index (χ0n) is 9.18. The molecule has 0 aromatic carbocycles. The van der Waals surface area contributed by atoms with Gasteiger partial charge in [-0.05, 0) is 12.8 Å². The predicted octanol–water partition coefficient (Wildman–Crippen LogP) is -0.871. The van der Waals surface area contributed by atoms with Gasteiger partial charge in [0.15, 0.2) is 9.84 Å². The van der Waals surface area contributed by atoms with Crippen LogP contribution in [0, 0.1) is 0 Å². The van der Waals surface area contributed by atoms with Crippen molar-refractivity contribution in [2.45, 2.75) is 18.1 Å². The summed E-state index contributed by atoms with van der Waals surface area (Å²) in [5.41, 5.74) is 0. The Hall–Kier alpha value is -0.180. The number of rotatable bonds is 6. The number of methoxy groups -OCH3 is 1. The van der Waals surface area contributed by atoms with Crippen molar-refractivity contribution < 1.29 is 21.6 Å². The molecule has 0 bridgehead atoms. The molecule has 0 aromatic heterocycles. The summed E-state index contributed by atoms with van der Waals surface area (Å²) < 4.78 is 52.8. The van der Waals surface area contributed by atoms with Crippen molar-refractivity contribution in [3.63, 3.8) is 0 Å². The first-order chi connectivity index (χ1) is 7.37. The van der Waals surface area contributed by atoms with Crippen LogP contribution >= 0.6 is 0 Å². The number of sulfonamides is 1. The van der Waals surface area contributed by atoms with E-state index in [0.717, 1.165) is 0 Å². The monoisotopic (exact) mass is 271 g/mol. The Balaban J connectivity index is 2.46. The molecule has 16 heavy (non-hydrogen) atoms. The van der Waals surface area contributed by atoms with Gasteiger partial charge >= 0.3 is 0 Å². The summed E-state index contributed by atoms with van der Waals surface area (Å²) in [6.45, 7) is 0.762. The SMILES string of the molecule is COCCCNS(=O)(=O)C1CCS(=O)(=O)C1. The second kappa shape index (κ2) is 5.44. The van der Waals surface area contributed by atoms with Gasteiger partial charge in [-0.3, -0.25) is 0 Å². The topological polar surface area (TPSA) is 89.5 Å². The quantitative estimate of drug-likeness (QED) is 0.634. The van der Waals surface area contributed by atoms with E-state index < -0.39 is 25.1 Å². The van der Waals surface area contributed by atoms with Crippen LogP contribution in [0.4, 0.5) is 0 Å². The molecule has 1 N–H and O–H groups in total. The van der Waals surface area contributed by atoms with E-state index in [1.165, 1.54) is 7.11 Å². The fourth-order valence-electron chi connectivity index (χ4n) is 1.55. The Labute approximate surface area is 96.3 Å². The molecule has 0 amide bonds. The molecule has 1 aliphatic rings. The van der Waals surface area contributed by atoms with Gasteiger partial charge < -0.3 is 4.74 Å². The van der Waals surface area contributed by atoms with Crippen molar-refractivity contribution in [3.8, 4) is 0 Å². The third-order valence-electron chi connectivity index (χ3n) is 2.46. The number of hydrogen-bond donors (Lipinski definition) is 1. The van der Waals surface area contributed by atoms with E-state index in [2.05, 4.69) is 4.72 Å². The summed E-state index contributed by atoms with van der Waals surface area (Å²) in [6, 6.07) is 0. The highest BCUT2D eigenvalue weighted by molar-refractivity contribution is 7.95. The molecule has 6 nitrogen and oxygen atoms in total. The van der Waals surface area contributed by atoms with Crippen LogP contribution in [-0.2, 0) is 24.6 Å². The minimum atomic E-state index is -3.50. The fraction of sp³-hybridized carbons (Fsp3) is 1.00. The zero-order valence-corrected chi connectivity index (χ0v) is 10.8. The van der Waals surface area contributed by atoms with Crippen LogP contribution in [0.1, 0.15) is 12.8 Å². The lowest BCUT2D eigenvalue weighted by atomic mass is 10.4. The highest BCUT2D eigenvalue weighted by Crippen LogP contribution is 2.17. The van der Waals surface area contributed by atoms with Gasteiger partial charge in [0.05, 0.1) is 16.8 Å². The highest BCUT2D eigenvalue weighted by atomic mass is 32.2. The lowest BCUT2D eigenvalue weighted by Crippen LogP contribution is -2.35. The number of nitrogens with one attached hydrogen (secondary N) is 1. The van der Waals surface area contributed by atoms with Gasteiger partial charge in [0, 0.05) is 20.3 Å². The molecule has 96 valence electrons. The van der Waals surface area contributed by atoms with Crippen LogP contribution in [0.2, 0.25) is 0 Å². The summed E-state index contributed by atoms with van der Waals surface area (Å²) in [4.78, 5) is 0. The van der Waals surface area contributed by atoms with E-state index in [1.54, 1.807) is 0 Å². The van der Waals surface area contributed by atoms with Crippen molar-refractivity contribution in [1.82, 2.24) is 4.72 Å². The van der Waals surface area contributed by atoms with Crippen LogP contribution in [0.3, 0.4) is 0 Å². The average Bonchev–Trinajstić information content (AvgIpc) is 2.54. The van der Waals surface area contributed by atoms with E-state index in [0.29, 0.717) is 13.0 Å². The normalized spacial score (nSPS) is 24.7. The lowest BCUT2D eigenvalue weighted by molar-refractivity contribution is 0.196. The maximum atomic E-state index is 11.7. The molecule has 0 radical (unpaired) electrons. The predicted molar refractivity (Wildman–Crippen MR) is 60.5 cm³/mol. The van der Waals surface area contributed by atoms with Crippen LogP contribution in [0.15, 0.2) is 0 Å². The molecule has 1 saturated heterocycles. The van der Waals surface area contributed by atoms with Gasteiger partial charge in [0.1, 0.15) is 0 Å². The van der Waals surface area contributed by atoms with Crippen molar-refractivity contribution >= 4 is 19.9 Å². The third-order valence-corrected chi connectivity index (χ3v) is 6.32. The molecule has 0 aliphatic carbocycles. The first kappa shape index (κ1) is 13.9. The molecule has 1 aliphatic heterocycles. The second-order valence-electron chi connectivity index (χ2n) is 3.81. The molecule has 0 aromatic rings. The minimum absolute atomic E-state index is 0.0311. The summed E-state index contributed by atoms with van der Waals surface area (Å²) >= 11 is 0. The van der Waals surface area contributed by atoms with Gasteiger partial charge in [-0.1, -0.05) is 0 Å². The Bertz CT molecular complexity index is 414. The van der Waals surface area contributed by atoms with Crippen LogP contribution in [0.25, 0.3) is 0 Å². The minimum Gasteiger partial charge on any atom is -0.385 e. The largest absolute Gasteiger partial charge is 0.385 e. The van der Waals surface area contributed by atoms with Crippen molar-refractivity contribution in [2.75, 3.05) is 31.8 Å². The Morgan fingerprint density at radius 2 is 2.12 bits per heavy atom. The number of hydrogen-bond acceptors (Lipinski definition) is 5. The molecule has 1 atom stereocenters. The Morgan fingerprint density at radius 1 is 1.44 bits per heavy atom. The highest BCUT2D eigenvalue weighted by Gasteiger charge is 2.36. The van der Waals surface area contributed by atoms with E-state index in [9.17, 15) is 16.8 Å². The van der Waals surface area contributed by atoms with E-state index >= 15 is 0 Å². The van der Waals surface area contributed by atoms with Gasteiger partial charge in [-0.15, -0.1) is 0 Å². The number of ether oxygens (including phenoxy) is 1. The van der Waals surface area contributed by atoms with Crippen LogP contribution < -0.4 is 4.72 Å². The molecule has 1 unspecified atom stereocenters. The van der Waals surface area contributed by atoms with E-state index in [4.69, 9.17) is 4.74 Å². The Kier molecular flexibility index (Phi) is 4.72. The molecule has 1 heterocycles. The lowest BCUT2D eigenvalue weighted by Gasteiger charge is -2.10. The van der Waals surface area contributed by atoms with Crippen molar-refractivity contribution in [2.24, 2.45) is 0 Å². The average molecular weight is 271 g/mol. The first-order valence-electron chi connectivity index (χ1n) is 5.05.